The van der Waals surface area contributed by atoms with E-state index in [9.17, 15) is 19.2 Å². The van der Waals surface area contributed by atoms with Crippen LogP contribution in [-0.4, -0.2) is 42.3 Å². The molecule has 1 amide bonds. The highest BCUT2D eigenvalue weighted by atomic mass is 16.5. The van der Waals surface area contributed by atoms with Crippen LogP contribution in [0.5, 0.6) is 11.5 Å². The number of amides is 1. The summed E-state index contributed by atoms with van der Waals surface area (Å²) in [5, 5.41) is 6.06. The Morgan fingerprint density at radius 2 is 1.24 bits per heavy atom. The van der Waals surface area contributed by atoms with Crippen LogP contribution in [0.1, 0.15) is 71.3 Å². The lowest BCUT2D eigenvalue weighted by Crippen LogP contribution is -2.50. The van der Waals surface area contributed by atoms with Gasteiger partial charge < -0.3 is 20.1 Å². The Morgan fingerprint density at radius 1 is 0.737 bits per heavy atom. The maximum atomic E-state index is 13.1. The lowest BCUT2D eigenvalue weighted by atomic mass is 9.97. The van der Waals surface area contributed by atoms with E-state index in [2.05, 4.69) is 10.6 Å². The number of carbonyl (C=O) groups is 4. The molecular formula is C30H40N2O6. The summed E-state index contributed by atoms with van der Waals surface area (Å²) < 4.78 is 11.0. The van der Waals surface area contributed by atoms with Crippen molar-refractivity contribution < 1.29 is 28.7 Å². The first-order chi connectivity index (χ1) is 17.5. The molecule has 0 saturated carbocycles. The fraction of sp³-hybridized carbons (Fsp3) is 0.467. The van der Waals surface area contributed by atoms with Crippen molar-refractivity contribution in [3.05, 3.63) is 59.7 Å². The van der Waals surface area contributed by atoms with Crippen LogP contribution >= 0.6 is 0 Å². The van der Waals surface area contributed by atoms with Crippen molar-refractivity contribution in [1.29, 1.82) is 0 Å². The van der Waals surface area contributed by atoms with Gasteiger partial charge in [-0.25, -0.2) is 0 Å². The molecule has 0 aliphatic heterocycles. The summed E-state index contributed by atoms with van der Waals surface area (Å²) in [6.45, 7) is 14.3. The van der Waals surface area contributed by atoms with Crippen LogP contribution in [0.4, 0.5) is 0 Å². The van der Waals surface area contributed by atoms with Crippen molar-refractivity contribution in [3.8, 4) is 11.5 Å². The molecule has 0 unspecified atom stereocenters. The Bertz CT molecular complexity index is 1110. The predicted octanol–water partition coefficient (Wildman–Crippen LogP) is 4.50. The summed E-state index contributed by atoms with van der Waals surface area (Å²) in [5.74, 6) is -1.16. The number of benzene rings is 2. The average molecular weight is 525 g/mol. The van der Waals surface area contributed by atoms with Gasteiger partial charge >= 0.3 is 11.9 Å². The highest BCUT2D eigenvalue weighted by Gasteiger charge is 2.27. The lowest BCUT2D eigenvalue weighted by Gasteiger charge is -2.26. The number of hydrogen-bond acceptors (Lipinski definition) is 7. The highest BCUT2D eigenvalue weighted by molar-refractivity contribution is 5.98. The first kappa shape index (κ1) is 30.7. The molecule has 0 radical (unpaired) electrons. The van der Waals surface area contributed by atoms with Crippen molar-refractivity contribution in [2.45, 2.75) is 67.3 Å². The Balaban J connectivity index is 2.10. The lowest BCUT2D eigenvalue weighted by molar-refractivity contribution is -0.143. The molecular weight excluding hydrogens is 484 g/mol. The van der Waals surface area contributed by atoms with E-state index in [1.165, 1.54) is 18.2 Å². The van der Waals surface area contributed by atoms with Crippen molar-refractivity contribution in [2.75, 3.05) is 13.1 Å². The Kier molecular flexibility index (Phi) is 9.98. The van der Waals surface area contributed by atoms with E-state index in [-0.39, 0.29) is 41.7 Å². The zero-order valence-corrected chi connectivity index (χ0v) is 23.7. The van der Waals surface area contributed by atoms with Crippen LogP contribution < -0.4 is 20.1 Å². The van der Waals surface area contributed by atoms with E-state index in [1.54, 1.807) is 41.5 Å². The molecule has 2 aromatic rings. The molecule has 0 heterocycles. The molecule has 0 atom stereocenters. The quantitative estimate of drug-likeness (QED) is 0.267. The van der Waals surface area contributed by atoms with Crippen LogP contribution in [0.3, 0.4) is 0 Å². The van der Waals surface area contributed by atoms with Crippen LogP contribution in [0.15, 0.2) is 48.5 Å². The van der Waals surface area contributed by atoms with Gasteiger partial charge in [0.1, 0.15) is 11.5 Å². The molecule has 0 aliphatic carbocycles. The molecule has 8 heteroatoms. The molecule has 38 heavy (non-hydrogen) atoms. The van der Waals surface area contributed by atoms with E-state index in [0.717, 1.165) is 5.56 Å². The van der Waals surface area contributed by atoms with Crippen LogP contribution in [0, 0.1) is 10.8 Å². The molecule has 0 aromatic heterocycles. The Morgan fingerprint density at radius 3 is 1.71 bits per heavy atom. The molecule has 2 N–H and O–H groups in total. The van der Waals surface area contributed by atoms with Gasteiger partial charge in [-0.15, -0.1) is 0 Å². The predicted molar refractivity (Wildman–Crippen MR) is 146 cm³/mol. The van der Waals surface area contributed by atoms with Gasteiger partial charge in [0.2, 0.25) is 5.91 Å². The number of Topliss-reactive ketones (excluding diaryl/α,β-unsaturated/α-hetero) is 1. The smallest absolute Gasteiger partial charge is 0.316 e. The van der Waals surface area contributed by atoms with E-state index >= 15 is 0 Å². The molecule has 2 aromatic carbocycles. The van der Waals surface area contributed by atoms with E-state index in [1.807, 2.05) is 44.2 Å². The van der Waals surface area contributed by atoms with Crippen molar-refractivity contribution in [3.63, 3.8) is 0 Å². The fourth-order valence-corrected chi connectivity index (χ4v) is 3.02. The molecule has 0 bridgehead atoms. The summed E-state index contributed by atoms with van der Waals surface area (Å²) >= 11 is 0. The molecule has 206 valence electrons. The van der Waals surface area contributed by atoms with Gasteiger partial charge in [0.15, 0.2) is 5.78 Å². The molecule has 0 saturated heterocycles. The largest absolute Gasteiger partial charge is 0.426 e. The summed E-state index contributed by atoms with van der Waals surface area (Å²) in [4.78, 5) is 50.3. The minimum Gasteiger partial charge on any atom is -0.426 e. The van der Waals surface area contributed by atoms with Gasteiger partial charge in [-0.1, -0.05) is 30.3 Å². The normalized spacial score (nSPS) is 12.0. The Hall–Kier alpha value is -3.52. The first-order valence-electron chi connectivity index (χ1n) is 12.6. The van der Waals surface area contributed by atoms with Gasteiger partial charge in [0.05, 0.1) is 23.8 Å². The molecule has 2 rings (SSSR count). The molecule has 8 nitrogen and oxygen atoms in total. The second-order valence-corrected chi connectivity index (χ2v) is 12.1. The maximum absolute atomic E-state index is 13.1. The van der Waals surface area contributed by atoms with Crippen LogP contribution in [0.2, 0.25) is 0 Å². The number of rotatable bonds is 10. The van der Waals surface area contributed by atoms with Crippen molar-refractivity contribution in [1.82, 2.24) is 10.6 Å². The third-order valence-corrected chi connectivity index (χ3v) is 5.51. The maximum Gasteiger partial charge on any atom is 0.316 e. The second kappa shape index (κ2) is 12.3. The summed E-state index contributed by atoms with van der Waals surface area (Å²) in [5.41, 5.74) is -0.976. The number of esters is 2. The summed E-state index contributed by atoms with van der Waals surface area (Å²) in [7, 11) is 0. The van der Waals surface area contributed by atoms with Crippen LogP contribution in [0.25, 0.3) is 0 Å². The number of ether oxygens (including phenoxy) is 2. The van der Waals surface area contributed by atoms with E-state index < -0.39 is 28.3 Å². The first-order valence-corrected chi connectivity index (χ1v) is 12.6. The zero-order valence-electron chi connectivity index (χ0n) is 23.7. The summed E-state index contributed by atoms with van der Waals surface area (Å²) in [6.07, 6.45) is 0.270. The van der Waals surface area contributed by atoms with Crippen molar-refractivity contribution >= 4 is 23.6 Å². The van der Waals surface area contributed by atoms with Gasteiger partial charge in [-0.3, -0.25) is 19.2 Å². The van der Waals surface area contributed by atoms with Gasteiger partial charge in [0.25, 0.3) is 0 Å². The molecule has 0 spiro atoms. The standard InChI is InChI=1S/C30H40N2O6/c1-28(2,3)26(35)37-22-15-21(16-23(17-22)38-27(36)29(4,5)6)24(33)18-32-30(7,8)19-31-25(34)14-20-12-10-9-11-13-20/h9-13,15-17,32H,14,18-19H2,1-8H3,(H,31,34). The third-order valence-electron chi connectivity index (χ3n) is 5.51. The van der Waals surface area contributed by atoms with Gasteiger partial charge in [-0.05, 0) is 73.1 Å². The molecule has 0 fully saturated rings. The Labute approximate surface area is 225 Å². The molecule has 0 aliphatic rings. The van der Waals surface area contributed by atoms with Gasteiger partial charge in [-0.2, -0.15) is 0 Å². The fourth-order valence-electron chi connectivity index (χ4n) is 3.02. The monoisotopic (exact) mass is 524 g/mol. The SMILES string of the molecule is CC(C)(CNC(=O)Cc1ccccc1)NCC(=O)c1cc(OC(=O)C(C)(C)C)cc(OC(=O)C(C)(C)C)c1. The number of nitrogens with one attached hydrogen (secondary N) is 2. The highest BCUT2D eigenvalue weighted by Crippen LogP contribution is 2.28. The average Bonchev–Trinajstić information content (AvgIpc) is 2.80. The van der Waals surface area contributed by atoms with E-state index in [0.29, 0.717) is 6.54 Å². The number of carbonyl (C=O) groups excluding carboxylic acids is 4. The number of hydrogen-bond donors (Lipinski definition) is 2. The number of ketones is 1. The minimum atomic E-state index is -0.765. The zero-order chi connectivity index (χ0) is 28.7. The second-order valence-electron chi connectivity index (χ2n) is 12.1. The minimum absolute atomic E-state index is 0.0507. The topological polar surface area (TPSA) is 111 Å². The van der Waals surface area contributed by atoms with Gasteiger partial charge in [0, 0.05) is 23.7 Å². The third kappa shape index (κ3) is 10.1. The summed E-state index contributed by atoms with van der Waals surface area (Å²) in [6, 6.07) is 13.8. The van der Waals surface area contributed by atoms with E-state index in [4.69, 9.17) is 9.47 Å². The van der Waals surface area contributed by atoms with Crippen LogP contribution in [-0.2, 0) is 20.8 Å². The van der Waals surface area contributed by atoms with Crippen molar-refractivity contribution in [2.24, 2.45) is 10.8 Å².